The number of carbonyl (C=O) groups is 2. The van der Waals surface area contributed by atoms with Gasteiger partial charge in [0.05, 0.1) is 36.9 Å². The number of methoxy groups -OCH3 is 2. The molecule has 0 aliphatic carbocycles. The molecule has 6 nitrogen and oxygen atoms in total. The van der Waals surface area contributed by atoms with Crippen LogP contribution in [0, 0.1) is 0 Å². The van der Waals surface area contributed by atoms with Crippen LogP contribution in [0.25, 0.3) is 10.9 Å². The number of hydrogen-bond donors (Lipinski definition) is 0. The molecular weight excluding hydrogens is 450 g/mol. The molecule has 2 aromatic carbocycles. The maximum absolute atomic E-state index is 12.9. The third kappa shape index (κ3) is 4.36. The van der Waals surface area contributed by atoms with Gasteiger partial charge in [-0.2, -0.15) is 0 Å². The summed E-state index contributed by atoms with van der Waals surface area (Å²) in [4.78, 5) is 24.8. The molecule has 0 N–H and O–H groups in total. The average molecular weight is 474 g/mol. The lowest BCUT2D eigenvalue weighted by Crippen LogP contribution is -2.19. The molecule has 0 spiro atoms. The van der Waals surface area contributed by atoms with Gasteiger partial charge in [0.25, 0.3) is 0 Å². The summed E-state index contributed by atoms with van der Waals surface area (Å²) in [6.07, 6.45) is 0.663. The maximum Gasteiger partial charge on any atom is 0.356 e. The fourth-order valence-corrected chi connectivity index (χ4v) is 4.25. The van der Waals surface area contributed by atoms with Crippen LogP contribution in [0.5, 0.6) is 5.75 Å². The number of rotatable bonds is 8. The van der Waals surface area contributed by atoms with Gasteiger partial charge in [0.2, 0.25) is 0 Å². The molecule has 3 aromatic rings. The molecule has 0 aliphatic rings. The standard InChI is InChI=1S/C23H24BrNO5/c1-4-30-23(27)22-21(24)17-7-5-6-8-19(17)25(22)18(13-14-20(26)29-3)15-9-11-16(28-2)12-10-15/h5-12,18H,4,13-14H2,1-3H3. The fourth-order valence-electron chi connectivity index (χ4n) is 3.56. The zero-order valence-corrected chi connectivity index (χ0v) is 18.8. The van der Waals surface area contributed by atoms with E-state index in [2.05, 4.69) is 15.9 Å². The SMILES string of the molecule is CCOC(=O)c1c(Br)c2ccccc2n1C(CCC(=O)OC)c1ccc(OC)cc1. The van der Waals surface area contributed by atoms with Crippen molar-refractivity contribution in [1.29, 1.82) is 0 Å². The molecule has 0 amide bonds. The summed E-state index contributed by atoms with van der Waals surface area (Å²) < 4.78 is 18.1. The van der Waals surface area contributed by atoms with Crippen LogP contribution < -0.4 is 4.74 Å². The Kier molecular flexibility index (Phi) is 7.15. The summed E-state index contributed by atoms with van der Waals surface area (Å²) in [6, 6.07) is 15.1. The summed E-state index contributed by atoms with van der Waals surface area (Å²) in [7, 11) is 2.98. The molecule has 0 saturated carbocycles. The van der Waals surface area contributed by atoms with Crippen molar-refractivity contribution in [3.05, 3.63) is 64.3 Å². The number of benzene rings is 2. The van der Waals surface area contributed by atoms with Crippen molar-refractivity contribution in [2.24, 2.45) is 0 Å². The topological polar surface area (TPSA) is 66.8 Å². The van der Waals surface area contributed by atoms with Gasteiger partial charge in [-0.1, -0.05) is 30.3 Å². The number of esters is 2. The largest absolute Gasteiger partial charge is 0.497 e. The molecule has 3 rings (SSSR count). The molecule has 0 saturated heterocycles. The number of carbonyl (C=O) groups excluding carboxylic acids is 2. The first-order chi connectivity index (χ1) is 14.5. The van der Waals surface area contributed by atoms with E-state index in [0.717, 1.165) is 22.2 Å². The quantitative estimate of drug-likeness (QED) is 0.424. The van der Waals surface area contributed by atoms with Gasteiger partial charge in [-0.3, -0.25) is 4.79 Å². The molecule has 1 atom stereocenters. The van der Waals surface area contributed by atoms with Gasteiger partial charge in [-0.15, -0.1) is 0 Å². The van der Waals surface area contributed by atoms with Gasteiger partial charge in [0, 0.05) is 11.8 Å². The van der Waals surface area contributed by atoms with Gasteiger partial charge < -0.3 is 18.8 Å². The van der Waals surface area contributed by atoms with Gasteiger partial charge >= 0.3 is 11.9 Å². The van der Waals surface area contributed by atoms with Gasteiger partial charge in [-0.25, -0.2) is 4.79 Å². The van der Waals surface area contributed by atoms with Gasteiger partial charge in [-0.05, 0) is 53.0 Å². The third-order valence-electron chi connectivity index (χ3n) is 4.98. The summed E-state index contributed by atoms with van der Waals surface area (Å²) >= 11 is 3.60. The maximum atomic E-state index is 12.9. The molecule has 1 aromatic heterocycles. The van der Waals surface area contributed by atoms with Crippen LogP contribution in [0.4, 0.5) is 0 Å². The van der Waals surface area contributed by atoms with Crippen molar-refractivity contribution in [3.8, 4) is 5.75 Å². The molecule has 0 bridgehead atoms. The summed E-state index contributed by atoms with van der Waals surface area (Å²) in [5.41, 5.74) is 2.24. The molecule has 1 heterocycles. The van der Waals surface area contributed by atoms with E-state index in [1.165, 1.54) is 7.11 Å². The Bertz CT molecular complexity index is 1040. The predicted molar refractivity (Wildman–Crippen MR) is 118 cm³/mol. The van der Waals surface area contributed by atoms with Gasteiger partial charge in [0.1, 0.15) is 11.4 Å². The first kappa shape index (κ1) is 21.9. The Hall–Kier alpha value is -2.80. The number of aromatic nitrogens is 1. The van der Waals surface area contributed by atoms with Crippen LogP contribution in [-0.4, -0.2) is 37.3 Å². The molecule has 0 fully saturated rings. The zero-order chi connectivity index (χ0) is 21.7. The Morgan fingerprint density at radius 2 is 1.77 bits per heavy atom. The monoisotopic (exact) mass is 473 g/mol. The van der Waals surface area contributed by atoms with E-state index < -0.39 is 5.97 Å². The Morgan fingerprint density at radius 1 is 1.07 bits per heavy atom. The molecule has 0 aliphatic heterocycles. The summed E-state index contributed by atoms with van der Waals surface area (Å²) in [5, 5.41) is 0.900. The first-order valence-electron chi connectivity index (χ1n) is 9.68. The molecule has 0 radical (unpaired) electrons. The Labute approximate surface area is 183 Å². The van der Waals surface area contributed by atoms with E-state index in [1.54, 1.807) is 14.0 Å². The molecular formula is C23H24BrNO5. The van der Waals surface area contributed by atoms with Gasteiger partial charge in [0.15, 0.2) is 0 Å². The number of para-hydroxylation sites is 1. The minimum atomic E-state index is -0.419. The Morgan fingerprint density at radius 3 is 2.40 bits per heavy atom. The number of ether oxygens (including phenoxy) is 3. The second-order valence-corrected chi connectivity index (χ2v) is 7.47. The Balaban J connectivity index is 2.21. The number of hydrogen-bond acceptors (Lipinski definition) is 5. The van der Waals surface area contributed by atoms with E-state index in [0.29, 0.717) is 16.6 Å². The predicted octanol–water partition coefficient (Wildman–Crippen LogP) is 5.13. The van der Waals surface area contributed by atoms with Crippen molar-refractivity contribution >= 4 is 38.8 Å². The smallest absolute Gasteiger partial charge is 0.356 e. The van der Waals surface area contributed by atoms with E-state index in [9.17, 15) is 9.59 Å². The summed E-state index contributed by atoms with van der Waals surface area (Å²) in [6.45, 7) is 2.04. The highest BCUT2D eigenvalue weighted by Gasteiger charge is 2.28. The van der Waals surface area contributed by atoms with Crippen molar-refractivity contribution < 1.29 is 23.8 Å². The highest BCUT2D eigenvalue weighted by atomic mass is 79.9. The van der Waals surface area contributed by atoms with Crippen molar-refractivity contribution in [2.45, 2.75) is 25.8 Å². The molecule has 7 heteroatoms. The van der Waals surface area contributed by atoms with E-state index in [4.69, 9.17) is 14.2 Å². The molecule has 158 valence electrons. The zero-order valence-electron chi connectivity index (χ0n) is 17.2. The van der Waals surface area contributed by atoms with Crippen LogP contribution >= 0.6 is 15.9 Å². The van der Waals surface area contributed by atoms with Crippen molar-refractivity contribution in [1.82, 2.24) is 4.57 Å². The number of halogens is 1. The van der Waals surface area contributed by atoms with Crippen LogP contribution in [-0.2, 0) is 14.3 Å². The third-order valence-corrected chi connectivity index (χ3v) is 5.78. The van der Waals surface area contributed by atoms with E-state index >= 15 is 0 Å². The lowest BCUT2D eigenvalue weighted by atomic mass is 10.0. The first-order valence-corrected chi connectivity index (χ1v) is 10.5. The molecule has 1 unspecified atom stereocenters. The second kappa shape index (κ2) is 9.80. The van der Waals surface area contributed by atoms with E-state index in [1.807, 2.05) is 53.1 Å². The minimum Gasteiger partial charge on any atom is -0.497 e. The summed E-state index contributed by atoms with van der Waals surface area (Å²) in [5.74, 6) is 0.00788. The average Bonchev–Trinajstić information content (AvgIpc) is 3.07. The highest BCUT2D eigenvalue weighted by Crippen LogP contribution is 2.38. The number of nitrogens with zero attached hydrogens (tertiary/aromatic N) is 1. The van der Waals surface area contributed by atoms with Crippen LogP contribution in [0.1, 0.15) is 41.9 Å². The lowest BCUT2D eigenvalue weighted by Gasteiger charge is -2.23. The van der Waals surface area contributed by atoms with Crippen LogP contribution in [0.2, 0.25) is 0 Å². The van der Waals surface area contributed by atoms with Crippen LogP contribution in [0.3, 0.4) is 0 Å². The normalized spacial score (nSPS) is 11.9. The second-order valence-electron chi connectivity index (χ2n) is 6.67. The molecule has 30 heavy (non-hydrogen) atoms. The highest BCUT2D eigenvalue weighted by molar-refractivity contribution is 9.10. The lowest BCUT2D eigenvalue weighted by molar-refractivity contribution is -0.140. The fraction of sp³-hybridized carbons (Fsp3) is 0.304. The number of fused-ring (bicyclic) bond motifs is 1. The van der Waals surface area contributed by atoms with Crippen molar-refractivity contribution in [3.63, 3.8) is 0 Å². The minimum absolute atomic E-state index is 0.208. The van der Waals surface area contributed by atoms with E-state index in [-0.39, 0.29) is 25.0 Å². The van der Waals surface area contributed by atoms with Crippen LogP contribution in [0.15, 0.2) is 53.0 Å². The van der Waals surface area contributed by atoms with Crippen molar-refractivity contribution in [2.75, 3.05) is 20.8 Å².